The maximum absolute atomic E-state index is 13.5. The number of pyridine rings is 2. The van der Waals surface area contributed by atoms with Crippen LogP contribution < -0.4 is 11.1 Å². The van der Waals surface area contributed by atoms with Crippen molar-refractivity contribution in [1.82, 2.24) is 14.9 Å². The molecule has 1 amide bonds. The third-order valence-corrected chi connectivity index (χ3v) is 6.38. The number of likely N-dealkylation sites (tertiary alicyclic amines) is 1. The fourth-order valence-corrected chi connectivity index (χ4v) is 4.49. The first-order chi connectivity index (χ1) is 17.9. The van der Waals surface area contributed by atoms with Gasteiger partial charge in [-0.3, -0.25) is 25.1 Å². The van der Waals surface area contributed by atoms with Gasteiger partial charge in [-0.15, -0.1) is 0 Å². The van der Waals surface area contributed by atoms with Gasteiger partial charge in [0, 0.05) is 73.4 Å². The summed E-state index contributed by atoms with van der Waals surface area (Å²) >= 11 is 0. The van der Waals surface area contributed by atoms with Crippen LogP contribution in [0.3, 0.4) is 0 Å². The normalized spacial score (nSPS) is 15.7. The average Bonchev–Trinajstić information content (AvgIpc) is 2.84. The summed E-state index contributed by atoms with van der Waals surface area (Å²) in [4.78, 5) is 23.5. The van der Waals surface area contributed by atoms with Crippen molar-refractivity contribution in [2.24, 2.45) is 0 Å². The van der Waals surface area contributed by atoms with E-state index in [4.69, 9.17) is 11.1 Å². The predicted molar refractivity (Wildman–Crippen MR) is 145 cm³/mol. The van der Waals surface area contributed by atoms with Crippen LogP contribution >= 0.6 is 0 Å². The molecule has 38 heavy (non-hydrogen) atoms. The molecule has 4 N–H and O–H groups in total. The number of alkyl halides is 2. The number of nitrogens with one attached hydrogen (secondary N) is 2. The summed E-state index contributed by atoms with van der Waals surface area (Å²) in [5.41, 5.74) is 10.4. The van der Waals surface area contributed by atoms with E-state index >= 15 is 0 Å². The monoisotopic (exact) mass is 522 g/mol. The Morgan fingerprint density at radius 2 is 1.71 bits per heavy atom. The van der Waals surface area contributed by atoms with Gasteiger partial charge in [-0.25, -0.2) is 8.78 Å². The number of carbonyl (C=O) groups excluding carboxylic acids is 1. The first-order valence-corrected chi connectivity index (χ1v) is 12.5. The average molecular weight is 523 g/mol. The number of nitrogens with zero attached hydrogens (tertiary/aromatic N) is 4. The van der Waals surface area contributed by atoms with Crippen LogP contribution in [0.5, 0.6) is 0 Å². The third kappa shape index (κ3) is 7.17. The number of hydrogen-bond donors (Lipinski definition) is 3. The molecule has 0 saturated carbocycles. The Morgan fingerprint density at radius 1 is 1.03 bits per heavy atom. The predicted octanol–water partition coefficient (Wildman–Crippen LogP) is 4.17. The summed E-state index contributed by atoms with van der Waals surface area (Å²) in [6, 6.07) is 8.97. The van der Waals surface area contributed by atoms with Gasteiger partial charge in [0.05, 0.1) is 33.0 Å². The lowest BCUT2D eigenvalue weighted by atomic mass is 9.99. The van der Waals surface area contributed by atoms with Gasteiger partial charge in [-0.05, 0) is 35.4 Å². The minimum Gasteiger partial charge on any atom is -0.398 e. The van der Waals surface area contributed by atoms with E-state index in [1.165, 1.54) is 0 Å². The second kappa shape index (κ2) is 10.9. The summed E-state index contributed by atoms with van der Waals surface area (Å²) < 4.78 is 27.7. The molecule has 10 heteroatoms. The van der Waals surface area contributed by atoms with Crippen LogP contribution in [0.4, 0.5) is 20.2 Å². The Labute approximate surface area is 221 Å². The van der Waals surface area contributed by atoms with E-state index in [2.05, 4.69) is 36.4 Å². The zero-order chi connectivity index (χ0) is 27.5. The van der Waals surface area contributed by atoms with Gasteiger partial charge in [0.1, 0.15) is 12.3 Å². The van der Waals surface area contributed by atoms with Crippen LogP contribution in [0.25, 0.3) is 11.1 Å². The van der Waals surface area contributed by atoms with Gasteiger partial charge in [-0.2, -0.15) is 0 Å². The van der Waals surface area contributed by atoms with Crippen LogP contribution in [0.1, 0.15) is 29.5 Å². The first-order valence-electron chi connectivity index (χ1n) is 12.5. The number of benzene rings is 1. The molecule has 0 bridgehead atoms. The number of carbonyl (C=O) groups is 1. The van der Waals surface area contributed by atoms with E-state index in [0.29, 0.717) is 41.1 Å². The van der Waals surface area contributed by atoms with Gasteiger partial charge >= 0.3 is 0 Å². The standard InChI is InChI=1S/C28H33F2N7O/c1-37(2,3)18-20-11-23(16-34-14-20)35-27(38)26(32)24-12-21(4-5-25(24)31)22-10-19(13-33-15-22)17-36-8-6-28(29,30)7-9-36/h4-5,10-16H,6-9,17-18H2,1-3H3,(H3-,31,32,35,38)/p+1. The fourth-order valence-electron chi connectivity index (χ4n) is 4.49. The maximum atomic E-state index is 13.5. The first kappa shape index (κ1) is 27.3. The number of amides is 1. The van der Waals surface area contributed by atoms with Gasteiger partial charge < -0.3 is 15.5 Å². The number of piperidine rings is 1. The van der Waals surface area contributed by atoms with Crippen molar-refractivity contribution in [2.75, 3.05) is 45.3 Å². The molecule has 1 saturated heterocycles. The molecule has 2 aromatic heterocycles. The van der Waals surface area contributed by atoms with Crippen molar-refractivity contribution in [3.8, 4) is 11.1 Å². The van der Waals surface area contributed by atoms with Crippen LogP contribution in [0, 0.1) is 5.41 Å². The molecular formula is C28H34F2N7O+. The summed E-state index contributed by atoms with van der Waals surface area (Å²) in [5, 5.41) is 11.3. The Balaban J connectivity index is 1.48. The number of hydrogen-bond acceptors (Lipinski definition) is 6. The summed E-state index contributed by atoms with van der Waals surface area (Å²) in [5.74, 6) is -3.18. The lowest BCUT2D eigenvalue weighted by Crippen LogP contribution is -2.38. The van der Waals surface area contributed by atoms with E-state index in [0.717, 1.165) is 28.8 Å². The summed E-state index contributed by atoms with van der Waals surface area (Å²) in [6.45, 7) is 1.94. The molecule has 200 valence electrons. The SMILES string of the molecule is C[N+](C)(C)Cc1cncc(NC(=O)C(=N)c2cc(-c3cncc(CN4CCC(F)(F)CC4)c3)ccc2N)c1. The molecule has 0 radical (unpaired) electrons. The Morgan fingerprint density at radius 3 is 2.42 bits per heavy atom. The highest BCUT2D eigenvalue weighted by Crippen LogP contribution is 2.29. The van der Waals surface area contributed by atoms with Crippen molar-refractivity contribution < 1.29 is 18.1 Å². The number of nitrogen functional groups attached to an aromatic ring is 1. The number of aromatic nitrogens is 2. The molecule has 4 rings (SSSR count). The van der Waals surface area contributed by atoms with Crippen LogP contribution in [-0.2, 0) is 17.9 Å². The van der Waals surface area contributed by atoms with E-state index in [9.17, 15) is 13.6 Å². The van der Waals surface area contributed by atoms with E-state index in [-0.39, 0.29) is 18.6 Å². The highest BCUT2D eigenvalue weighted by Gasteiger charge is 2.33. The van der Waals surface area contributed by atoms with Crippen LogP contribution in [-0.4, -0.2) is 71.1 Å². The van der Waals surface area contributed by atoms with Crippen molar-refractivity contribution in [1.29, 1.82) is 5.41 Å². The van der Waals surface area contributed by atoms with Gasteiger partial charge in [0.2, 0.25) is 0 Å². The quantitative estimate of drug-likeness (QED) is 0.234. The molecule has 0 atom stereocenters. The molecule has 0 spiro atoms. The Bertz CT molecular complexity index is 1330. The van der Waals surface area contributed by atoms with Crippen LogP contribution in [0.2, 0.25) is 0 Å². The Kier molecular flexibility index (Phi) is 7.84. The largest absolute Gasteiger partial charge is 0.398 e. The Hall–Kier alpha value is -3.76. The number of rotatable bonds is 8. The van der Waals surface area contributed by atoms with E-state index in [1.807, 2.05) is 23.1 Å². The molecule has 0 unspecified atom stereocenters. The van der Waals surface area contributed by atoms with Crippen molar-refractivity contribution in [3.63, 3.8) is 0 Å². The second-order valence-electron chi connectivity index (χ2n) is 10.9. The van der Waals surface area contributed by atoms with Gasteiger partial charge in [0.15, 0.2) is 0 Å². The highest BCUT2D eigenvalue weighted by atomic mass is 19.3. The van der Waals surface area contributed by atoms with Crippen molar-refractivity contribution in [2.45, 2.75) is 31.9 Å². The minimum absolute atomic E-state index is 0.137. The molecule has 1 aliphatic rings. The summed E-state index contributed by atoms with van der Waals surface area (Å²) in [6.07, 6.45) is 6.45. The van der Waals surface area contributed by atoms with Crippen molar-refractivity contribution in [3.05, 3.63) is 71.8 Å². The third-order valence-electron chi connectivity index (χ3n) is 6.38. The number of nitrogens with two attached hydrogens (primary N) is 1. The molecule has 1 aromatic carbocycles. The smallest absolute Gasteiger partial charge is 0.274 e. The molecule has 3 heterocycles. The molecule has 1 fully saturated rings. The maximum Gasteiger partial charge on any atom is 0.274 e. The zero-order valence-corrected chi connectivity index (χ0v) is 22.0. The zero-order valence-electron chi connectivity index (χ0n) is 22.0. The molecule has 3 aromatic rings. The summed E-state index contributed by atoms with van der Waals surface area (Å²) in [7, 11) is 6.20. The topological polar surface area (TPSA) is 108 Å². The molecule has 0 aliphatic carbocycles. The number of quaternary nitrogens is 1. The number of anilines is 2. The number of halogens is 2. The van der Waals surface area contributed by atoms with Gasteiger partial charge in [-0.1, -0.05) is 6.07 Å². The van der Waals surface area contributed by atoms with Crippen LogP contribution in [0.15, 0.2) is 55.1 Å². The van der Waals surface area contributed by atoms with E-state index < -0.39 is 11.8 Å². The van der Waals surface area contributed by atoms with Crippen molar-refractivity contribution >= 4 is 23.0 Å². The van der Waals surface area contributed by atoms with Gasteiger partial charge in [0.25, 0.3) is 11.8 Å². The van der Waals surface area contributed by atoms with E-state index in [1.54, 1.807) is 36.9 Å². The molecule has 8 nitrogen and oxygen atoms in total. The highest BCUT2D eigenvalue weighted by molar-refractivity contribution is 6.48. The molecular weight excluding hydrogens is 488 g/mol. The fraction of sp³-hybridized carbons (Fsp3) is 0.357. The molecule has 1 aliphatic heterocycles. The minimum atomic E-state index is -2.58. The lowest BCUT2D eigenvalue weighted by Gasteiger charge is -2.31. The lowest BCUT2D eigenvalue weighted by molar-refractivity contribution is -0.884. The second-order valence-corrected chi connectivity index (χ2v) is 10.9.